The average Bonchev–Trinajstić information content (AvgIpc) is 2.48. The van der Waals surface area contributed by atoms with E-state index in [4.69, 9.17) is 11.6 Å². The van der Waals surface area contributed by atoms with Crippen LogP contribution in [0.4, 0.5) is 0 Å². The highest BCUT2D eigenvalue weighted by Crippen LogP contribution is 2.24. The molecule has 1 aliphatic rings. The van der Waals surface area contributed by atoms with Crippen molar-refractivity contribution in [2.45, 2.75) is 52.1 Å². The van der Waals surface area contributed by atoms with Crippen LogP contribution in [0, 0.1) is 5.92 Å². The van der Waals surface area contributed by atoms with E-state index in [0.717, 1.165) is 10.9 Å². The Kier molecular flexibility index (Phi) is 6.53. The molecule has 1 saturated heterocycles. The topological polar surface area (TPSA) is 15.3 Å². The largest absolute Gasteiger partial charge is 0.307 e. The van der Waals surface area contributed by atoms with E-state index in [2.05, 4.69) is 43.1 Å². The molecule has 118 valence electrons. The molecule has 0 saturated carbocycles. The van der Waals surface area contributed by atoms with Crippen LogP contribution < -0.4 is 5.32 Å². The summed E-state index contributed by atoms with van der Waals surface area (Å²) in [5.41, 5.74) is 1.28. The molecule has 1 N–H and O–H groups in total. The Bertz CT molecular complexity index is 427. The number of halogens is 1. The second kappa shape index (κ2) is 8.17. The molecule has 0 bridgehead atoms. The lowest BCUT2D eigenvalue weighted by Gasteiger charge is -2.36. The van der Waals surface area contributed by atoms with Gasteiger partial charge < -0.3 is 10.2 Å². The molecule has 1 aromatic carbocycles. The zero-order valence-electron chi connectivity index (χ0n) is 13.6. The molecule has 2 nitrogen and oxygen atoms in total. The molecular weight excluding hydrogens is 280 g/mol. The highest BCUT2D eigenvalue weighted by Gasteiger charge is 2.24. The van der Waals surface area contributed by atoms with E-state index >= 15 is 0 Å². The van der Waals surface area contributed by atoms with Crippen LogP contribution in [0.15, 0.2) is 24.3 Å². The normalized spacial score (nSPS) is 20.4. The lowest BCUT2D eigenvalue weighted by molar-refractivity contribution is 0.159. The van der Waals surface area contributed by atoms with Crippen molar-refractivity contribution in [2.24, 2.45) is 5.92 Å². The van der Waals surface area contributed by atoms with Gasteiger partial charge in [-0.1, -0.05) is 30.7 Å². The van der Waals surface area contributed by atoms with Crippen molar-refractivity contribution in [1.82, 2.24) is 10.2 Å². The summed E-state index contributed by atoms with van der Waals surface area (Å²) in [6, 6.07) is 9.10. The zero-order valence-corrected chi connectivity index (χ0v) is 14.4. The van der Waals surface area contributed by atoms with Crippen molar-refractivity contribution >= 4 is 11.6 Å². The van der Waals surface area contributed by atoms with Crippen LogP contribution in [0.25, 0.3) is 0 Å². The molecule has 1 unspecified atom stereocenters. The summed E-state index contributed by atoms with van der Waals surface area (Å²) in [6.45, 7) is 10.6. The maximum absolute atomic E-state index is 6.09. The van der Waals surface area contributed by atoms with Gasteiger partial charge in [0.15, 0.2) is 0 Å². The van der Waals surface area contributed by atoms with E-state index in [1.807, 2.05) is 12.1 Å². The van der Waals surface area contributed by atoms with Gasteiger partial charge in [0.25, 0.3) is 0 Å². The van der Waals surface area contributed by atoms with Crippen molar-refractivity contribution < 1.29 is 0 Å². The fourth-order valence-electron chi connectivity index (χ4n) is 3.40. The third kappa shape index (κ3) is 4.98. The van der Waals surface area contributed by atoms with Crippen LogP contribution in [0.3, 0.4) is 0 Å². The molecule has 1 heterocycles. The third-order valence-electron chi connectivity index (χ3n) is 4.74. The first-order valence-electron chi connectivity index (χ1n) is 8.34. The maximum atomic E-state index is 6.09. The minimum absolute atomic E-state index is 0.354. The van der Waals surface area contributed by atoms with E-state index in [-0.39, 0.29) is 0 Å². The molecule has 1 aliphatic heterocycles. The van der Waals surface area contributed by atoms with E-state index in [0.29, 0.717) is 12.1 Å². The molecule has 0 aromatic heterocycles. The van der Waals surface area contributed by atoms with Crippen molar-refractivity contribution in [3.63, 3.8) is 0 Å². The van der Waals surface area contributed by atoms with Gasteiger partial charge >= 0.3 is 0 Å². The van der Waals surface area contributed by atoms with Gasteiger partial charge in [-0.2, -0.15) is 0 Å². The van der Waals surface area contributed by atoms with Crippen LogP contribution in [-0.4, -0.2) is 30.6 Å². The Balaban J connectivity index is 1.83. The van der Waals surface area contributed by atoms with Crippen LogP contribution in [0.2, 0.25) is 5.02 Å². The van der Waals surface area contributed by atoms with Crippen molar-refractivity contribution in [3.05, 3.63) is 34.9 Å². The molecule has 0 amide bonds. The molecule has 2 rings (SSSR count). The Labute approximate surface area is 134 Å². The van der Waals surface area contributed by atoms with E-state index in [9.17, 15) is 0 Å². The molecule has 21 heavy (non-hydrogen) atoms. The third-order valence-corrected chi connectivity index (χ3v) is 4.98. The summed E-state index contributed by atoms with van der Waals surface area (Å²) in [4.78, 5) is 2.60. The Hall–Kier alpha value is -0.570. The summed E-state index contributed by atoms with van der Waals surface area (Å²) < 4.78 is 0. The Morgan fingerprint density at radius 2 is 2.00 bits per heavy atom. The highest BCUT2D eigenvalue weighted by atomic mass is 35.5. The maximum Gasteiger partial charge on any atom is 0.0409 e. The summed E-state index contributed by atoms with van der Waals surface area (Å²) in [7, 11) is 0. The second-order valence-electron chi connectivity index (χ2n) is 6.41. The van der Waals surface area contributed by atoms with Crippen LogP contribution >= 0.6 is 11.6 Å². The van der Waals surface area contributed by atoms with Gasteiger partial charge in [-0.3, -0.25) is 0 Å². The number of benzene rings is 1. The lowest BCUT2D eigenvalue weighted by atomic mass is 9.89. The number of piperidine rings is 1. The molecule has 3 heteroatoms. The SMILES string of the molecule is CCCN1CCC(C(C)N[C@@H](C)c2cccc(Cl)c2)CC1. The lowest BCUT2D eigenvalue weighted by Crippen LogP contribution is -2.42. The van der Waals surface area contributed by atoms with Gasteiger partial charge in [-0.25, -0.2) is 0 Å². The number of nitrogens with zero attached hydrogens (tertiary/aromatic N) is 1. The number of hydrogen-bond donors (Lipinski definition) is 1. The monoisotopic (exact) mass is 308 g/mol. The molecule has 2 atom stereocenters. The summed E-state index contributed by atoms with van der Waals surface area (Å²) >= 11 is 6.09. The van der Waals surface area contributed by atoms with Crippen molar-refractivity contribution in [2.75, 3.05) is 19.6 Å². The highest BCUT2D eigenvalue weighted by molar-refractivity contribution is 6.30. The first kappa shape index (κ1) is 16.8. The van der Waals surface area contributed by atoms with Gasteiger partial charge in [-0.05, 0) is 76.4 Å². The molecule has 1 aromatic rings. The van der Waals surface area contributed by atoms with Gasteiger partial charge in [0.1, 0.15) is 0 Å². The predicted molar refractivity (Wildman–Crippen MR) is 91.9 cm³/mol. The fraction of sp³-hybridized carbons (Fsp3) is 0.667. The number of hydrogen-bond acceptors (Lipinski definition) is 2. The summed E-state index contributed by atoms with van der Waals surface area (Å²) in [6.07, 6.45) is 3.90. The molecule has 0 spiro atoms. The van der Waals surface area contributed by atoms with Gasteiger partial charge in [-0.15, -0.1) is 0 Å². The molecular formula is C18H29ClN2. The Morgan fingerprint density at radius 1 is 1.29 bits per heavy atom. The number of likely N-dealkylation sites (tertiary alicyclic amines) is 1. The van der Waals surface area contributed by atoms with Gasteiger partial charge in [0, 0.05) is 17.1 Å². The van der Waals surface area contributed by atoms with Crippen LogP contribution in [0.5, 0.6) is 0 Å². The average molecular weight is 309 g/mol. The van der Waals surface area contributed by atoms with E-state index in [1.165, 1.54) is 44.5 Å². The first-order chi connectivity index (χ1) is 10.1. The summed E-state index contributed by atoms with van der Waals surface area (Å²) in [5.74, 6) is 0.791. The Morgan fingerprint density at radius 3 is 2.62 bits per heavy atom. The quantitative estimate of drug-likeness (QED) is 0.832. The molecule has 1 fully saturated rings. The zero-order chi connectivity index (χ0) is 15.2. The number of nitrogens with one attached hydrogen (secondary N) is 1. The van der Waals surface area contributed by atoms with Gasteiger partial charge in [0.05, 0.1) is 0 Å². The summed E-state index contributed by atoms with van der Waals surface area (Å²) in [5, 5.41) is 4.58. The minimum atomic E-state index is 0.354. The molecule has 0 aliphatic carbocycles. The standard InChI is InChI=1S/C18H29ClN2/c1-4-10-21-11-8-16(9-12-21)14(2)20-15(3)17-6-5-7-18(19)13-17/h5-7,13-16,20H,4,8-12H2,1-3H3/t14?,15-/m0/s1. The smallest absolute Gasteiger partial charge is 0.0409 e. The fourth-order valence-corrected chi connectivity index (χ4v) is 3.59. The van der Waals surface area contributed by atoms with Crippen LogP contribution in [0.1, 0.15) is 51.6 Å². The van der Waals surface area contributed by atoms with Gasteiger partial charge in [0.2, 0.25) is 0 Å². The predicted octanol–water partition coefficient (Wildman–Crippen LogP) is 4.50. The van der Waals surface area contributed by atoms with Crippen molar-refractivity contribution in [3.8, 4) is 0 Å². The minimum Gasteiger partial charge on any atom is -0.307 e. The van der Waals surface area contributed by atoms with E-state index < -0.39 is 0 Å². The first-order valence-corrected chi connectivity index (χ1v) is 8.71. The van der Waals surface area contributed by atoms with E-state index in [1.54, 1.807) is 0 Å². The number of rotatable bonds is 6. The van der Waals surface area contributed by atoms with Crippen LogP contribution in [-0.2, 0) is 0 Å². The second-order valence-corrected chi connectivity index (χ2v) is 6.85. The molecule has 0 radical (unpaired) electrons. The van der Waals surface area contributed by atoms with Crippen molar-refractivity contribution in [1.29, 1.82) is 0 Å².